The summed E-state index contributed by atoms with van der Waals surface area (Å²) in [5, 5.41) is 8.24. The molecular formula is C14H22N2O4S. The molecular weight excluding hydrogens is 292 g/mol. The van der Waals surface area contributed by atoms with Gasteiger partial charge in [-0.3, -0.25) is 10.1 Å². The Kier molecular flexibility index (Phi) is 5.88. The number of hydrogen-bond acceptors (Lipinski definition) is 5. The number of ether oxygens (including phenoxy) is 1. The molecule has 0 aliphatic heterocycles. The van der Waals surface area contributed by atoms with Gasteiger partial charge in [0.05, 0.1) is 12.0 Å². The maximum Gasteiger partial charge on any atom is 0.323 e. The minimum Gasteiger partial charge on any atom is -0.468 e. The van der Waals surface area contributed by atoms with Crippen molar-refractivity contribution in [3.8, 4) is 0 Å². The molecule has 0 saturated carbocycles. The summed E-state index contributed by atoms with van der Waals surface area (Å²) in [5.41, 5.74) is 0.858. The Hall–Kier alpha value is -1.44. The normalized spacial score (nSPS) is 14.8. The van der Waals surface area contributed by atoms with Crippen LogP contribution in [-0.4, -0.2) is 27.5 Å². The van der Waals surface area contributed by atoms with Crippen LogP contribution in [0.3, 0.4) is 0 Å². The fourth-order valence-electron chi connectivity index (χ4n) is 1.97. The lowest BCUT2D eigenvalue weighted by molar-refractivity contribution is -0.144. The van der Waals surface area contributed by atoms with Gasteiger partial charge in [0.25, 0.3) is 0 Å². The van der Waals surface area contributed by atoms with E-state index in [0.717, 1.165) is 5.56 Å². The van der Waals surface area contributed by atoms with Crippen LogP contribution in [0.4, 0.5) is 0 Å². The van der Waals surface area contributed by atoms with Crippen molar-refractivity contribution < 1.29 is 17.9 Å². The highest BCUT2D eigenvalue weighted by Crippen LogP contribution is 2.18. The smallest absolute Gasteiger partial charge is 0.323 e. The van der Waals surface area contributed by atoms with Crippen LogP contribution in [0, 0.1) is 5.92 Å². The summed E-state index contributed by atoms with van der Waals surface area (Å²) in [6, 6.07) is 5.68. The average Bonchev–Trinajstić information content (AvgIpc) is 2.42. The van der Waals surface area contributed by atoms with E-state index in [-0.39, 0.29) is 22.8 Å². The van der Waals surface area contributed by atoms with Crippen LogP contribution in [0.1, 0.15) is 32.4 Å². The van der Waals surface area contributed by atoms with Crippen molar-refractivity contribution >= 4 is 16.0 Å². The van der Waals surface area contributed by atoms with Gasteiger partial charge in [-0.05, 0) is 30.5 Å². The van der Waals surface area contributed by atoms with E-state index in [4.69, 9.17) is 9.88 Å². The summed E-state index contributed by atoms with van der Waals surface area (Å²) in [7, 11) is -2.34. The van der Waals surface area contributed by atoms with E-state index < -0.39 is 16.1 Å². The Bertz CT molecular complexity index is 581. The quantitative estimate of drug-likeness (QED) is 0.768. The first-order valence-corrected chi connectivity index (χ1v) is 8.18. The molecule has 3 N–H and O–H groups in total. The molecule has 6 nitrogen and oxygen atoms in total. The standard InChI is InChI=1S/C14H22N2O4S/c1-9(2)13(14(17)20-4)16-10(3)11-5-7-12(8-6-11)21(15,18)19/h5-10,13,16H,1-4H3,(H2,15,18,19). The van der Waals surface area contributed by atoms with E-state index in [1.807, 2.05) is 20.8 Å². The number of carbonyl (C=O) groups excluding carboxylic acids is 1. The van der Waals surface area contributed by atoms with Crippen molar-refractivity contribution in [3.63, 3.8) is 0 Å². The Morgan fingerprint density at radius 2 is 1.71 bits per heavy atom. The average molecular weight is 314 g/mol. The molecule has 21 heavy (non-hydrogen) atoms. The lowest BCUT2D eigenvalue weighted by atomic mass is 10.0. The molecule has 118 valence electrons. The largest absolute Gasteiger partial charge is 0.468 e. The minimum absolute atomic E-state index is 0.0619. The van der Waals surface area contributed by atoms with Gasteiger partial charge < -0.3 is 4.74 Å². The molecule has 0 amide bonds. The molecule has 1 aromatic carbocycles. The Balaban J connectivity index is 2.88. The van der Waals surface area contributed by atoms with Crippen molar-refractivity contribution in [2.45, 2.75) is 37.8 Å². The van der Waals surface area contributed by atoms with Gasteiger partial charge in [-0.1, -0.05) is 26.0 Å². The summed E-state index contributed by atoms with van der Waals surface area (Å²) in [6.45, 7) is 5.74. The molecule has 1 rings (SSSR count). The van der Waals surface area contributed by atoms with Crippen LogP contribution in [0.5, 0.6) is 0 Å². The van der Waals surface area contributed by atoms with Gasteiger partial charge in [-0.25, -0.2) is 13.6 Å². The SMILES string of the molecule is COC(=O)C(NC(C)c1ccc(S(N)(=O)=O)cc1)C(C)C. The lowest BCUT2D eigenvalue weighted by Crippen LogP contribution is -2.42. The highest BCUT2D eigenvalue weighted by Gasteiger charge is 2.24. The van der Waals surface area contributed by atoms with E-state index in [9.17, 15) is 13.2 Å². The molecule has 0 aliphatic rings. The molecule has 2 atom stereocenters. The molecule has 0 saturated heterocycles. The fourth-order valence-corrected chi connectivity index (χ4v) is 2.49. The van der Waals surface area contributed by atoms with Crippen LogP contribution in [0.25, 0.3) is 0 Å². The van der Waals surface area contributed by atoms with Gasteiger partial charge in [-0.15, -0.1) is 0 Å². The molecule has 0 heterocycles. The number of primary sulfonamides is 1. The molecule has 0 bridgehead atoms. The molecule has 0 spiro atoms. The fraction of sp³-hybridized carbons (Fsp3) is 0.500. The molecule has 1 aromatic rings. The number of hydrogen-bond donors (Lipinski definition) is 2. The van der Waals surface area contributed by atoms with E-state index in [0.29, 0.717) is 0 Å². The van der Waals surface area contributed by atoms with E-state index in [1.54, 1.807) is 12.1 Å². The summed E-state index contributed by atoms with van der Waals surface area (Å²) in [4.78, 5) is 11.8. The molecule has 2 unspecified atom stereocenters. The van der Waals surface area contributed by atoms with Crippen LogP contribution in [-0.2, 0) is 19.6 Å². The van der Waals surface area contributed by atoms with E-state index >= 15 is 0 Å². The summed E-state index contributed by atoms with van der Waals surface area (Å²) < 4.78 is 27.2. The van der Waals surface area contributed by atoms with Gasteiger partial charge in [0.15, 0.2) is 0 Å². The number of methoxy groups -OCH3 is 1. The van der Waals surface area contributed by atoms with Crippen LogP contribution in [0.15, 0.2) is 29.2 Å². The second kappa shape index (κ2) is 7.02. The second-order valence-electron chi connectivity index (χ2n) is 5.25. The van der Waals surface area contributed by atoms with Crippen molar-refractivity contribution in [1.29, 1.82) is 0 Å². The summed E-state index contributed by atoms with van der Waals surface area (Å²) in [5.74, 6) is -0.249. The number of sulfonamides is 1. The van der Waals surface area contributed by atoms with Crippen LogP contribution >= 0.6 is 0 Å². The van der Waals surface area contributed by atoms with E-state index in [2.05, 4.69) is 5.32 Å². The van der Waals surface area contributed by atoms with Crippen LogP contribution < -0.4 is 10.5 Å². The molecule has 0 aromatic heterocycles. The number of nitrogens with two attached hydrogens (primary N) is 1. The third kappa shape index (κ3) is 4.80. The molecule has 0 aliphatic carbocycles. The van der Waals surface area contributed by atoms with Crippen molar-refractivity contribution in [2.75, 3.05) is 7.11 Å². The monoisotopic (exact) mass is 314 g/mol. The van der Waals surface area contributed by atoms with Crippen molar-refractivity contribution in [3.05, 3.63) is 29.8 Å². The van der Waals surface area contributed by atoms with E-state index in [1.165, 1.54) is 19.2 Å². The topological polar surface area (TPSA) is 98.5 Å². The van der Waals surface area contributed by atoms with Gasteiger partial charge in [-0.2, -0.15) is 0 Å². The van der Waals surface area contributed by atoms with Crippen molar-refractivity contribution in [1.82, 2.24) is 5.32 Å². The highest BCUT2D eigenvalue weighted by molar-refractivity contribution is 7.89. The number of benzene rings is 1. The van der Waals surface area contributed by atoms with Gasteiger partial charge in [0.1, 0.15) is 6.04 Å². The maximum atomic E-state index is 11.7. The summed E-state index contributed by atoms with van der Waals surface area (Å²) in [6.07, 6.45) is 0. The predicted octanol–water partition coefficient (Wildman–Crippen LogP) is 1.18. The number of esters is 1. The van der Waals surface area contributed by atoms with Gasteiger partial charge in [0.2, 0.25) is 10.0 Å². The van der Waals surface area contributed by atoms with Crippen LogP contribution in [0.2, 0.25) is 0 Å². The number of nitrogens with one attached hydrogen (secondary N) is 1. The Labute approximate surface area is 125 Å². The second-order valence-corrected chi connectivity index (χ2v) is 6.81. The molecule has 7 heteroatoms. The molecule has 0 fully saturated rings. The Morgan fingerprint density at radius 3 is 2.10 bits per heavy atom. The zero-order valence-corrected chi connectivity index (χ0v) is 13.5. The predicted molar refractivity (Wildman–Crippen MR) is 80.0 cm³/mol. The lowest BCUT2D eigenvalue weighted by Gasteiger charge is -2.24. The minimum atomic E-state index is -3.69. The van der Waals surface area contributed by atoms with Crippen molar-refractivity contribution in [2.24, 2.45) is 11.1 Å². The number of carbonyl (C=O) groups is 1. The third-order valence-corrected chi connectivity index (χ3v) is 4.19. The Morgan fingerprint density at radius 1 is 1.19 bits per heavy atom. The third-order valence-electron chi connectivity index (χ3n) is 3.26. The first-order valence-electron chi connectivity index (χ1n) is 6.63. The van der Waals surface area contributed by atoms with Gasteiger partial charge >= 0.3 is 5.97 Å². The summed E-state index contributed by atoms with van der Waals surface area (Å²) >= 11 is 0. The zero-order chi connectivity index (χ0) is 16.2. The first-order chi connectivity index (χ1) is 9.66. The van der Waals surface area contributed by atoms with Gasteiger partial charge in [0, 0.05) is 6.04 Å². The molecule has 0 radical (unpaired) electrons. The first kappa shape index (κ1) is 17.6. The number of rotatable bonds is 6. The highest BCUT2D eigenvalue weighted by atomic mass is 32.2. The zero-order valence-electron chi connectivity index (χ0n) is 12.7. The maximum absolute atomic E-state index is 11.7.